The molecule has 3 aromatic heterocycles. The highest BCUT2D eigenvalue weighted by atomic mass is 35.5. The number of fused-ring (bicyclic) bond motifs is 3. The molecule has 1 aliphatic rings. The van der Waals surface area contributed by atoms with E-state index >= 15 is 0 Å². The predicted molar refractivity (Wildman–Crippen MR) is 152 cm³/mol. The highest BCUT2D eigenvalue weighted by molar-refractivity contribution is 6.30. The van der Waals surface area contributed by atoms with Crippen molar-refractivity contribution in [2.75, 3.05) is 0 Å². The topological polar surface area (TPSA) is 106 Å². The summed E-state index contributed by atoms with van der Waals surface area (Å²) in [4.78, 5) is 37.6. The van der Waals surface area contributed by atoms with Gasteiger partial charge in [-0.15, -0.1) is 0 Å². The molecule has 1 atom stereocenters. The van der Waals surface area contributed by atoms with E-state index in [1.807, 2.05) is 61.5 Å². The number of hydrogen-bond donors (Lipinski definition) is 2. The number of nitrogens with one attached hydrogen (secondary N) is 2. The lowest BCUT2D eigenvalue weighted by Gasteiger charge is -2.25. The Morgan fingerprint density at radius 1 is 1.00 bits per heavy atom. The Morgan fingerprint density at radius 2 is 1.77 bits per heavy atom. The Morgan fingerprint density at radius 3 is 2.55 bits per heavy atom. The van der Waals surface area contributed by atoms with Crippen molar-refractivity contribution in [3.8, 4) is 22.9 Å². The van der Waals surface area contributed by atoms with Crippen LogP contribution in [0.25, 0.3) is 22.0 Å². The summed E-state index contributed by atoms with van der Waals surface area (Å²) in [7, 11) is 0. The van der Waals surface area contributed by atoms with Crippen LogP contribution in [0.1, 0.15) is 44.4 Å². The lowest BCUT2D eigenvalue weighted by atomic mass is 9.85. The third-order valence-corrected chi connectivity index (χ3v) is 7.56. The van der Waals surface area contributed by atoms with Gasteiger partial charge in [-0.2, -0.15) is 9.78 Å². The lowest BCUT2D eigenvalue weighted by molar-refractivity contribution is 0.0931. The van der Waals surface area contributed by atoms with Gasteiger partial charge in [-0.1, -0.05) is 65.7 Å². The quantitative estimate of drug-likeness (QED) is 0.268. The van der Waals surface area contributed by atoms with Crippen LogP contribution in [-0.2, 0) is 0 Å². The van der Waals surface area contributed by atoms with Crippen LogP contribution in [0, 0.1) is 13.8 Å². The Hall–Kier alpha value is -4.95. The van der Waals surface area contributed by atoms with Crippen molar-refractivity contribution in [2.45, 2.75) is 19.8 Å². The minimum absolute atomic E-state index is 0.126. The fourth-order valence-electron chi connectivity index (χ4n) is 5.52. The highest BCUT2D eigenvalue weighted by Crippen LogP contribution is 2.47. The molecule has 0 radical (unpaired) electrons. The van der Waals surface area contributed by atoms with E-state index in [4.69, 9.17) is 16.3 Å². The number of benzene rings is 3. The average Bonchev–Trinajstić information content (AvgIpc) is 3.50. The first-order valence-corrected chi connectivity index (χ1v) is 13.1. The van der Waals surface area contributed by atoms with Crippen LogP contribution in [0.4, 0.5) is 0 Å². The maximum Gasteiger partial charge on any atom is 0.298 e. The van der Waals surface area contributed by atoms with Gasteiger partial charge in [0, 0.05) is 21.5 Å². The van der Waals surface area contributed by atoms with E-state index in [0.29, 0.717) is 27.5 Å². The Kier molecular flexibility index (Phi) is 5.47. The molecule has 3 aromatic carbocycles. The number of hydrogen-bond acceptors (Lipinski definition) is 5. The summed E-state index contributed by atoms with van der Waals surface area (Å²) in [6.45, 7) is 3.82. The molecular weight excluding hydrogens is 526 g/mol. The van der Waals surface area contributed by atoms with Crippen LogP contribution in [0.3, 0.4) is 0 Å². The number of carbonyl (C=O) groups excluding carboxylic acids is 1. The Bertz CT molecular complexity index is 2010. The van der Waals surface area contributed by atoms with E-state index in [1.165, 1.54) is 11.0 Å². The van der Waals surface area contributed by atoms with Crippen LogP contribution in [0.15, 0.2) is 83.9 Å². The highest BCUT2D eigenvalue weighted by Gasteiger charge is 2.39. The molecule has 8 nitrogen and oxygen atoms in total. The van der Waals surface area contributed by atoms with Crippen molar-refractivity contribution in [3.63, 3.8) is 0 Å². The Balaban J connectivity index is 1.45. The van der Waals surface area contributed by atoms with Gasteiger partial charge in [0.05, 0.1) is 29.1 Å². The molecule has 0 saturated carbocycles. The summed E-state index contributed by atoms with van der Waals surface area (Å²) in [5.41, 5.74) is 5.99. The fraction of sp³-hybridized carbons (Fsp3) is 0.0968. The zero-order valence-corrected chi connectivity index (χ0v) is 22.3. The van der Waals surface area contributed by atoms with Gasteiger partial charge in [0.25, 0.3) is 11.5 Å². The van der Waals surface area contributed by atoms with Gasteiger partial charge in [0.15, 0.2) is 0 Å². The molecule has 196 valence electrons. The van der Waals surface area contributed by atoms with E-state index in [2.05, 4.69) is 26.1 Å². The number of aromatic amines is 2. The second-order valence-electron chi connectivity index (χ2n) is 9.85. The molecule has 7 rings (SSSR count). The second kappa shape index (κ2) is 9.07. The van der Waals surface area contributed by atoms with E-state index in [-0.39, 0.29) is 23.2 Å². The fourth-order valence-corrected chi connectivity index (χ4v) is 5.64. The van der Waals surface area contributed by atoms with Gasteiger partial charge in [0.2, 0.25) is 11.8 Å². The summed E-state index contributed by atoms with van der Waals surface area (Å²) in [6, 6.07) is 23.0. The first-order valence-electron chi connectivity index (χ1n) is 12.7. The third-order valence-electron chi connectivity index (χ3n) is 7.31. The minimum Gasteiger partial charge on any atom is -0.420 e. The predicted octanol–water partition coefficient (Wildman–Crippen LogP) is 6.36. The molecule has 0 spiro atoms. The molecule has 0 aliphatic carbocycles. The SMILES string of the molecule is Cc1ccc2[nH]c(C(=O)n3nc(C)c4c3Oc3nc[nH]c(=O)c3C4c3ccc(Cl)cc3)c(-c3ccccc3)c2c1. The van der Waals surface area contributed by atoms with Gasteiger partial charge in [-0.25, -0.2) is 4.98 Å². The molecule has 1 unspecified atom stereocenters. The summed E-state index contributed by atoms with van der Waals surface area (Å²) in [6.07, 6.45) is 1.29. The van der Waals surface area contributed by atoms with Crippen molar-refractivity contribution in [1.29, 1.82) is 0 Å². The maximum atomic E-state index is 14.3. The molecule has 2 N–H and O–H groups in total. The molecule has 4 heterocycles. The van der Waals surface area contributed by atoms with E-state index in [1.54, 1.807) is 19.1 Å². The largest absolute Gasteiger partial charge is 0.420 e. The molecule has 6 aromatic rings. The number of aryl methyl sites for hydroxylation is 2. The number of aromatic nitrogens is 5. The molecule has 40 heavy (non-hydrogen) atoms. The molecule has 1 aliphatic heterocycles. The van der Waals surface area contributed by atoms with Gasteiger partial charge < -0.3 is 14.7 Å². The minimum atomic E-state index is -0.561. The first-order chi connectivity index (χ1) is 19.4. The van der Waals surface area contributed by atoms with E-state index in [9.17, 15) is 9.59 Å². The van der Waals surface area contributed by atoms with Crippen LogP contribution in [0.5, 0.6) is 11.8 Å². The van der Waals surface area contributed by atoms with Gasteiger partial charge in [0.1, 0.15) is 5.69 Å². The van der Waals surface area contributed by atoms with Crippen LogP contribution in [-0.4, -0.2) is 30.6 Å². The molecule has 9 heteroatoms. The van der Waals surface area contributed by atoms with Gasteiger partial charge >= 0.3 is 0 Å². The zero-order valence-electron chi connectivity index (χ0n) is 21.5. The summed E-state index contributed by atoms with van der Waals surface area (Å²) in [5.74, 6) is -0.600. The molecule has 0 fully saturated rings. The van der Waals surface area contributed by atoms with Crippen molar-refractivity contribution in [1.82, 2.24) is 24.7 Å². The van der Waals surface area contributed by atoms with Gasteiger partial charge in [-0.05, 0) is 49.2 Å². The van der Waals surface area contributed by atoms with Gasteiger partial charge in [-0.3, -0.25) is 9.59 Å². The van der Waals surface area contributed by atoms with Crippen molar-refractivity contribution in [3.05, 3.63) is 128 Å². The molecule has 0 saturated heterocycles. The number of nitrogens with zero attached hydrogens (tertiary/aromatic N) is 3. The monoisotopic (exact) mass is 547 g/mol. The maximum absolute atomic E-state index is 14.3. The normalized spacial score (nSPS) is 14.0. The van der Waals surface area contributed by atoms with Crippen molar-refractivity contribution < 1.29 is 9.53 Å². The standard InChI is InChI=1S/C31H22ClN5O3/c1-16-8-13-22-21(14-16)24(18-6-4-3-5-7-18)27(35-22)30(39)37-31-23(17(2)36-37)25(19-9-11-20(32)12-10-19)26-28(38)33-15-34-29(26)40-31/h3-15,25,35H,1-2H3,(H,33,34,38). The molecule has 0 bridgehead atoms. The number of rotatable bonds is 3. The summed E-state index contributed by atoms with van der Waals surface area (Å²) in [5, 5.41) is 6.16. The lowest BCUT2D eigenvalue weighted by Crippen LogP contribution is -2.25. The smallest absolute Gasteiger partial charge is 0.298 e. The molecular formula is C31H22ClN5O3. The van der Waals surface area contributed by atoms with Crippen LogP contribution in [0.2, 0.25) is 5.02 Å². The van der Waals surface area contributed by atoms with Crippen molar-refractivity contribution in [2.24, 2.45) is 0 Å². The van der Waals surface area contributed by atoms with E-state index in [0.717, 1.165) is 33.2 Å². The number of halogens is 1. The van der Waals surface area contributed by atoms with E-state index < -0.39 is 5.92 Å². The first kappa shape index (κ1) is 24.1. The Labute approximate surface area is 233 Å². The van der Waals surface area contributed by atoms with Crippen molar-refractivity contribution >= 4 is 28.4 Å². The number of H-pyrrole nitrogens is 2. The average molecular weight is 548 g/mol. The van der Waals surface area contributed by atoms with Crippen LogP contribution < -0.4 is 10.3 Å². The summed E-state index contributed by atoms with van der Waals surface area (Å²) < 4.78 is 7.44. The zero-order chi connectivity index (χ0) is 27.5. The third kappa shape index (κ3) is 3.68. The summed E-state index contributed by atoms with van der Waals surface area (Å²) >= 11 is 6.17. The second-order valence-corrected chi connectivity index (χ2v) is 10.3. The molecule has 0 amide bonds. The number of carbonyl (C=O) groups is 1. The van der Waals surface area contributed by atoms with Crippen LogP contribution >= 0.6 is 11.6 Å². The number of ether oxygens (including phenoxy) is 1.